The molecule has 6 aromatic carbocycles. The monoisotopic (exact) mass is 837 g/mol. The van der Waals surface area contributed by atoms with Crippen molar-refractivity contribution in [2.45, 2.75) is 9.79 Å². The van der Waals surface area contributed by atoms with Crippen molar-refractivity contribution in [3.63, 3.8) is 0 Å². The number of ether oxygens (including phenoxy) is 2. The Labute approximate surface area is 345 Å². The zero-order chi connectivity index (χ0) is 42.6. The predicted molar refractivity (Wildman–Crippen MR) is 229 cm³/mol. The summed E-state index contributed by atoms with van der Waals surface area (Å²) in [5, 5.41) is 10.9. The number of carboxylic acid groups (broad SMARTS) is 1. The lowest BCUT2D eigenvalue weighted by molar-refractivity contribution is 0.0698. The Morgan fingerprint density at radius 3 is 1.32 bits per heavy atom. The van der Waals surface area contributed by atoms with Gasteiger partial charge in [0.05, 0.1) is 32.0 Å². The van der Waals surface area contributed by atoms with Crippen molar-refractivity contribution >= 4 is 53.4 Å². The van der Waals surface area contributed by atoms with Crippen molar-refractivity contribution in [2.24, 2.45) is 5.73 Å². The largest absolute Gasteiger partial charge is 0.478 e. The number of primary amides is 1. The number of rotatable bonds is 10. The summed E-state index contributed by atoms with van der Waals surface area (Å²) >= 11 is 0. The second kappa shape index (κ2) is 16.8. The van der Waals surface area contributed by atoms with E-state index in [1.165, 1.54) is 30.3 Å². The van der Waals surface area contributed by atoms with Gasteiger partial charge in [-0.1, -0.05) is 60.7 Å². The number of fused-ring (bicyclic) bond motifs is 2. The molecular weight excluding hydrogens is 803 g/mol. The Bertz CT molecular complexity index is 2980. The second-order valence-electron chi connectivity index (χ2n) is 13.5. The van der Waals surface area contributed by atoms with Crippen molar-refractivity contribution in [1.29, 1.82) is 0 Å². The third-order valence-electron chi connectivity index (χ3n) is 9.27. The lowest BCUT2D eigenvalue weighted by Crippen LogP contribution is -2.11. The molecule has 14 heteroatoms. The molecule has 0 spiro atoms. The molecule has 0 saturated carbocycles. The molecule has 3 N–H and O–H groups in total. The number of carboxylic acids is 1. The first kappa shape index (κ1) is 40.8. The van der Waals surface area contributed by atoms with E-state index in [1.807, 2.05) is 60.7 Å². The minimum atomic E-state index is -3.34. The van der Waals surface area contributed by atoms with Crippen LogP contribution in [0.5, 0.6) is 23.0 Å². The summed E-state index contributed by atoms with van der Waals surface area (Å²) in [6, 6.07) is 41.3. The lowest BCUT2D eigenvalue weighted by Gasteiger charge is -2.11. The van der Waals surface area contributed by atoms with Crippen LogP contribution in [0.1, 0.15) is 20.7 Å². The Kier molecular flexibility index (Phi) is 11.4. The third-order valence-corrected chi connectivity index (χ3v) is 11.5. The molecule has 0 radical (unpaired) electrons. The van der Waals surface area contributed by atoms with Crippen molar-refractivity contribution in [3.8, 4) is 45.3 Å². The lowest BCUT2D eigenvalue weighted by atomic mass is 9.99. The van der Waals surface area contributed by atoms with Crippen LogP contribution in [0.4, 0.5) is 0 Å². The van der Waals surface area contributed by atoms with Crippen LogP contribution >= 0.6 is 0 Å². The first-order valence-corrected chi connectivity index (χ1v) is 21.9. The molecule has 0 atom stereocenters. The van der Waals surface area contributed by atoms with Crippen LogP contribution in [-0.4, -0.2) is 56.3 Å². The average molecular weight is 838 g/mol. The average Bonchev–Trinajstić information content (AvgIpc) is 3.22. The number of carbonyl (C=O) groups is 2. The molecule has 0 aliphatic carbocycles. The van der Waals surface area contributed by atoms with Crippen molar-refractivity contribution in [2.75, 3.05) is 12.5 Å². The third kappa shape index (κ3) is 9.15. The maximum Gasteiger partial charge on any atom is 0.337 e. The molecule has 0 unspecified atom stereocenters. The van der Waals surface area contributed by atoms with Crippen LogP contribution in [0.2, 0.25) is 0 Å². The molecule has 0 fully saturated rings. The fourth-order valence-electron chi connectivity index (χ4n) is 6.49. The number of nitrogens with two attached hydrogens (primary N) is 1. The SMILES string of the molecule is CS(=O)(=O)c1cccc(Oc2cccc(-c3ccnc4c(C(=O)O)cccc34)c2)c1.CS(=O)(=O)c1cccc(Oc2cccc(-c3ccnc4c(C(N)=O)cccc34)c2)c1. The highest BCUT2D eigenvalue weighted by molar-refractivity contribution is 7.91. The second-order valence-corrected chi connectivity index (χ2v) is 17.6. The molecule has 8 aromatic rings. The molecule has 0 saturated heterocycles. The number of para-hydroxylation sites is 2. The van der Waals surface area contributed by atoms with Gasteiger partial charge in [0, 0.05) is 35.7 Å². The number of nitrogens with zero attached hydrogens (tertiary/aromatic N) is 2. The summed E-state index contributed by atoms with van der Waals surface area (Å²) in [4.78, 5) is 32.2. The van der Waals surface area contributed by atoms with Crippen molar-refractivity contribution in [3.05, 3.63) is 169 Å². The number of hydrogen-bond donors (Lipinski definition) is 2. The summed E-state index contributed by atoms with van der Waals surface area (Å²) in [5.74, 6) is 0.335. The molecule has 12 nitrogen and oxygen atoms in total. The van der Waals surface area contributed by atoms with Gasteiger partial charge in [0.15, 0.2) is 19.7 Å². The van der Waals surface area contributed by atoms with Gasteiger partial charge in [-0.25, -0.2) is 21.6 Å². The van der Waals surface area contributed by atoms with Crippen LogP contribution in [-0.2, 0) is 19.7 Å². The molecule has 2 aromatic heterocycles. The number of hydrogen-bond acceptors (Lipinski definition) is 10. The van der Waals surface area contributed by atoms with Gasteiger partial charge in [-0.15, -0.1) is 0 Å². The molecule has 2 heterocycles. The Hall–Kier alpha value is -7.42. The van der Waals surface area contributed by atoms with E-state index in [4.69, 9.17) is 15.2 Å². The topological polar surface area (TPSA) is 193 Å². The number of amides is 1. The summed E-state index contributed by atoms with van der Waals surface area (Å²) in [7, 11) is -6.67. The minimum absolute atomic E-state index is 0.138. The van der Waals surface area contributed by atoms with Gasteiger partial charge in [-0.2, -0.15) is 0 Å². The van der Waals surface area contributed by atoms with Crippen LogP contribution in [0.15, 0.2) is 168 Å². The van der Waals surface area contributed by atoms with E-state index in [0.29, 0.717) is 45.0 Å². The number of benzene rings is 6. The predicted octanol–water partition coefficient (Wildman–Crippen LogP) is 8.99. The molecular formula is C46H35N3O9S2. The van der Waals surface area contributed by atoms with Crippen molar-refractivity contribution < 1.29 is 41.0 Å². The van der Waals surface area contributed by atoms with Crippen molar-refractivity contribution in [1.82, 2.24) is 9.97 Å². The van der Waals surface area contributed by atoms with E-state index < -0.39 is 31.6 Å². The fraction of sp³-hybridized carbons (Fsp3) is 0.0435. The van der Waals surface area contributed by atoms with Gasteiger partial charge in [0.25, 0.3) is 5.91 Å². The van der Waals surface area contributed by atoms with Gasteiger partial charge >= 0.3 is 5.97 Å². The maximum atomic E-state index is 11.8. The molecule has 0 aliphatic rings. The van der Waals surface area contributed by atoms with Gasteiger partial charge in [-0.3, -0.25) is 14.8 Å². The molecule has 60 heavy (non-hydrogen) atoms. The van der Waals surface area contributed by atoms with Crippen LogP contribution in [0.25, 0.3) is 44.1 Å². The van der Waals surface area contributed by atoms with E-state index >= 15 is 0 Å². The molecule has 1 amide bonds. The van der Waals surface area contributed by atoms with E-state index in [9.17, 15) is 31.5 Å². The smallest absolute Gasteiger partial charge is 0.337 e. The number of aromatic nitrogens is 2. The van der Waals surface area contributed by atoms with Crippen LogP contribution in [0.3, 0.4) is 0 Å². The van der Waals surface area contributed by atoms with Crippen LogP contribution in [0, 0.1) is 0 Å². The minimum Gasteiger partial charge on any atom is -0.478 e. The maximum absolute atomic E-state index is 11.8. The summed E-state index contributed by atoms with van der Waals surface area (Å²) in [5.41, 5.74) is 10.3. The normalized spacial score (nSPS) is 11.4. The molecule has 300 valence electrons. The Morgan fingerprint density at radius 2 is 0.900 bits per heavy atom. The standard InChI is InChI=1S/C23H18N2O4S.C23H17NO5S/c1-30(27,28)18-8-3-7-17(14-18)29-16-6-2-5-15(13-16)19-11-12-25-22-20(19)9-4-10-21(22)23(24)26;1-30(27,28)18-8-3-7-17(14-18)29-16-6-2-5-15(13-16)19-11-12-24-22-20(19)9-4-10-21(22)23(25)26/h2-14H,1H3,(H2,24,26);2-14H,1H3,(H,25,26). The summed E-state index contributed by atoms with van der Waals surface area (Å²) in [6.07, 6.45) is 5.51. The molecule has 8 rings (SSSR count). The quantitative estimate of drug-likeness (QED) is 0.134. The van der Waals surface area contributed by atoms with E-state index in [1.54, 1.807) is 67.0 Å². The van der Waals surface area contributed by atoms with Crippen LogP contribution < -0.4 is 15.2 Å². The van der Waals surface area contributed by atoms with Gasteiger partial charge in [0.2, 0.25) is 0 Å². The van der Waals surface area contributed by atoms with Gasteiger partial charge in [-0.05, 0) is 107 Å². The number of carbonyl (C=O) groups excluding carboxylic acids is 1. The Morgan fingerprint density at radius 1 is 0.517 bits per heavy atom. The Balaban J connectivity index is 0.000000181. The highest BCUT2D eigenvalue weighted by Crippen LogP contribution is 2.35. The summed E-state index contributed by atoms with van der Waals surface area (Å²) in [6.45, 7) is 0. The first-order valence-electron chi connectivity index (χ1n) is 18.1. The van der Waals surface area contributed by atoms with Gasteiger partial charge < -0.3 is 20.3 Å². The summed E-state index contributed by atoms with van der Waals surface area (Å²) < 4.78 is 58.9. The fourth-order valence-corrected chi connectivity index (χ4v) is 7.80. The molecule has 0 aliphatic heterocycles. The van der Waals surface area contributed by atoms with E-state index in [2.05, 4.69) is 9.97 Å². The van der Waals surface area contributed by atoms with Gasteiger partial charge in [0.1, 0.15) is 23.0 Å². The zero-order valence-corrected chi connectivity index (χ0v) is 33.6. The number of sulfone groups is 2. The zero-order valence-electron chi connectivity index (χ0n) is 32.0. The van der Waals surface area contributed by atoms with E-state index in [-0.39, 0.29) is 15.4 Å². The highest BCUT2D eigenvalue weighted by atomic mass is 32.2. The number of aromatic carboxylic acids is 1. The number of pyridine rings is 2. The highest BCUT2D eigenvalue weighted by Gasteiger charge is 2.15. The first-order chi connectivity index (χ1) is 28.7. The molecule has 0 bridgehead atoms. The van der Waals surface area contributed by atoms with E-state index in [0.717, 1.165) is 40.2 Å².